The summed E-state index contributed by atoms with van der Waals surface area (Å²) in [6, 6.07) is 0.499. The van der Waals surface area contributed by atoms with E-state index in [1.54, 1.807) is 0 Å². The molecule has 0 aromatic rings. The van der Waals surface area contributed by atoms with Crippen LogP contribution in [-0.4, -0.2) is 32.5 Å². The molecule has 2 fully saturated rings. The van der Waals surface area contributed by atoms with E-state index < -0.39 is 9.84 Å². The van der Waals surface area contributed by atoms with Gasteiger partial charge in [0.05, 0.1) is 11.5 Å². The Morgan fingerprint density at radius 3 is 2.31 bits per heavy atom. The number of hydrogen-bond acceptors (Lipinski definition) is 3. The quantitative estimate of drug-likeness (QED) is 0.797. The largest absolute Gasteiger partial charge is 0.314 e. The highest BCUT2D eigenvalue weighted by molar-refractivity contribution is 7.91. The first-order chi connectivity index (χ1) is 7.48. The van der Waals surface area contributed by atoms with Crippen molar-refractivity contribution in [2.75, 3.05) is 18.1 Å². The predicted molar refractivity (Wildman–Crippen MR) is 66.1 cm³/mol. The minimum absolute atomic E-state index is 0.419. The summed E-state index contributed by atoms with van der Waals surface area (Å²) in [4.78, 5) is 0. The molecule has 2 rings (SSSR count). The minimum atomic E-state index is -2.71. The third-order valence-electron chi connectivity index (χ3n) is 3.86. The molecule has 0 spiro atoms. The van der Waals surface area contributed by atoms with E-state index in [1.165, 1.54) is 12.8 Å². The van der Waals surface area contributed by atoms with Crippen molar-refractivity contribution >= 4 is 9.84 Å². The molecule has 1 aliphatic carbocycles. The summed E-state index contributed by atoms with van der Waals surface area (Å²) in [6.07, 6.45) is 3.51. The number of rotatable bonds is 5. The Morgan fingerprint density at radius 2 is 1.88 bits per heavy atom. The molecule has 0 bridgehead atoms. The van der Waals surface area contributed by atoms with Crippen LogP contribution < -0.4 is 5.32 Å². The van der Waals surface area contributed by atoms with E-state index in [0.29, 0.717) is 29.4 Å². The van der Waals surface area contributed by atoms with Crippen molar-refractivity contribution in [1.82, 2.24) is 5.32 Å². The van der Waals surface area contributed by atoms with Crippen LogP contribution in [-0.2, 0) is 9.84 Å². The molecule has 4 heteroatoms. The topological polar surface area (TPSA) is 46.2 Å². The Kier molecular flexibility index (Phi) is 3.59. The normalized spacial score (nSPS) is 30.8. The lowest BCUT2D eigenvalue weighted by molar-refractivity contribution is 0.300. The first-order valence-electron chi connectivity index (χ1n) is 6.42. The van der Waals surface area contributed by atoms with Gasteiger partial charge < -0.3 is 5.32 Å². The first kappa shape index (κ1) is 12.4. The van der Waals surface area contributed by atoms with Crippen LogP contribution in [0.1, 0.15) is 33.1 Å². The predicted octanol–water partition coefficient (Wildman–Crippen LogP) is 1.45. The molecule has 3 nitrogen and oxygen atoms in total. The van der Waals surface area contributed by atoms with Gasteiger partial charge in [-0.3, -0.25) is 0 Å². The van der Waals surface area contributed by atoms with Gasteiger partial charge in [-0.2, -0.15) is 0 Å². The van der Waals surface area contributed by atoms with Gasteiger partial charge in [0, 0.05) is 6.04 Å². The molecular formula is C12H23NO2S. The Bertz CT molecular complexity index is 333. The van der Waals surface area contributed by atoms with Crippen LogP contribution in [0.15, 0.2) is 0 Å². The Labute approximate surface area is 98.9 Å². The Hall–Kier alpha value is -0.0900. The molecule has 0 aromatic heterocycles. The smallest absolute Gasteiger partial charge is 0.150 e. The van der Waals surface area contributed by atoms with E-state index in [0.717, 1.165) is 18.9 Å². The molecule has 1 saturated carbocycles. The number of sulfone groups is 1. The van der Waals surface area contributed by atoms with Crippen LogP contribution in [0.5, 0.6) is 0 Å². The average Bonchev–Trinajstić information content (AvgIpc) is 2.92. The van der Waals surface area contributed by atoms with Crippen LogP contribution in [0.25, 0.3) is 0 Å². The highest BCUT2D eigenvalue weighted by Gasteiger charge is 2.41. The monoisotopic (exact) mass is 245 g/mol. The summed E-state index contributed by atoms with van der Waals surface area (Å²) in [5.41, 5.74) is 0. The van der Waals surface area contributed by atoms with Gasteiger partial charge in [-0.1, -0.05) is 13.8 Å². The zero-order valence-electron chi connectivity index (χ0n) is 10.3. The second-order valence-corrected chi connectivity index (χ2v) is 7.96. The van der Waals surface area contributed by atoms with E-state index in [1.807, 2.05) is 0 Å². The van der Waals surface area contributed by atoms with E-state index in [-0.39, 0.29) is 0 Å². The maximum Gasteiger partial charge on any atom is 0.150 e. The fourth-order valence-electron chi connectivity index (χ4n) is 2.78. The fourth-order valence-corrected chi connectivity index (χ4v) is 4.67. The average molecular weight is 245 g/mol. The van der Waals surface area contributed by atoms with Crippen molar-refractivity contribution in [3.8, 4) is 0 Å². The van der Waals surface area contributed by atoms with Gasteiger partial charge in [0.2, 0.25) is 0 Å². The number of hydrogen-bond donors (Lipinski definition) is 1. The molecular weight excluding hydrogens is 222 g/mol. The summed E-state index contributed by atoms with van der Waals surface area (Å²) in [7, 11) is -2.71. The summed E-state index contributed by atoms with van der Waals surface area (Å²) < 4.78 is 23.0. The molecule has 1 aliphatic heterocycles. The van der Waals surface area contributed by atoms with Crippen molar-refractivity contribution in [3.63, 3.8) is 0 Å². The molecule has 0 aromatic carbocycles. The third-order valence-corrected chi connectivity index (χ3v) is 5.66. The molecule has 1 heterocycles. The molecule has 94 valence electrons. The summed E-state index contributed by atoms with van der Waals surface area (Å²) in [6.45, 7) is 5.30. The summed E-state index contributed by atoms with van der Waals surface area (Å²) in [5.74, 6) is 2.67. The SMILES string of the molecule is CC(C)NCC(C1CC1)C1CCS(=O)(=O)C1. The van der Waals surface area contributed by atoms with Gasteiger partial charge in [0.1, 0.15) is 0 Å². The second-order valence-electron chi connectivity index (χ2n) is 5.73. The van der Waals surface area contributed by atoms with Crippen LogP contribution >= 0.6 is 0 Å². The van der Waals surface area contributed by atoms with Crippen molar-refractivity contribution < 1.29 is 8.42 Å². The summed E-state index contributed by atoms with van der Waals surface area (Å²) >= 11 is 0. The van der Waals surface area contributed by atoms with Gasteiger partial charge in [-0.05, 0) is 43.6 Å². The van der Waals surface area contributed by atoms with E-state index >= 15 is 0 Å². The van der Waals surface area contributed by atoms with Crippen LogP contribution in [0, 0.1) is 17.8 Å². The highest BCUT2D eigenvalue weighted by Crippen LogP contribution is 2.43. The van der Waals surface area contributed by atoms with E-state index in [2.05, 4.69) is 19.2 Å². The van der Waals surface area contributed by atoms with Crippen LogP contribution in [0.4, 0.5) is 0 Å². The molecule has 2 unspecified atom stereocenters. The standard InChI is InChI=1S/C12H23NO2S/c1-9(2)13-7-12(10-3-4-10)11-5-6-16(14,15)8-11/h9-13H,3-8H2,1-2H3. The van der Waals surface area contributed by atoms with Gasteiger partial charge in [0.15, 0.2) is 9.84 Å². The molecule has 2 atom stereocenters. The lowest BCUT2D eigenvalue weighted by atomic mass is 9.87. The van der Waals surface area contributed by atoms with Crippen molar-refractivity contribution in [2.45, 2.75) is 39.2 Å². The minimum Gasteiger partial charge on any atom is -0.314 e. The van der Waals surface area contributed by atoms with Gasteiger partial charge in [-0.15, -0.1) is 0 Å². The van der Waals surface area contributed by atoms with E-state index in [9.17, 15) is 8.42 Å². The van der Waals surface area contributed by atoms with Crippen LogP contribution in [0.2, 0.25) is 0 Å². The zero-order valence-corrected chi connectivity index (χ0v) is 11.1. The molecule has 0 amide bonds. The molecule has 1 N–H and O–H groups in total. The van der Waals surface area contributed by atoms with Crippen molar-refractivity contribution in [2.24, 2.45) is 17.8 Å². The third kappa shape index (κ3) is 3.20. The second kappa shape index (κ2) is 4.65. The maximum atomic E-state index is 11.5. The Morgan fingerprint density at radius 1 is 1.19 bits per heavy atom. The maximum absolute atomic E-state index is 11.5. The van der Waals surface area contributed by atoms with Crippen molar-refractivity contribution in [3.05, 3.63) is 0 Å². The molecule has 2 aliphatic rings. The molecule has 0 radical (unpaired) electrons. The summed E-state index contributed by atoms with van der Waals surface area (Å²) in [5, 5.41) is 3.48. The number of nitrogens with one attached hydrogen (secondary N) is 1. The van der Waals surface area contributed by atoms with Gasteiger partial charge >= 0.3 is 0 Å². The first-order valence-corrected chi connectivity index (χ1v) is 8.24. The van der Waals surface area contributed by atoms with E-state index in [4.69, 9.17) is 0 Å². The van der Waals surface area contributed by atoms with Gasteiger partial charge in [-0.25, -0.2) is 8.42 Å². The highest BCUT2D eigenvalue weighted by atomic mass is 32.2. The van der Waals surface area contributed by atoms with Crippen LogP contribution in [0.3, 0.4) is 0 Å². The molecule has 16 heavy (non-hydrogen) atoms. The van der Waals surface area contributed by atoms with Crippen molar-refractivity contribution in [1.29, 1.82) is 0 Å². The zero-order chi connectivity index (χ0) is 11.8. The Balaban J connectivity index is 1.92. The molecule has 1 saturated heterocycles. The lowest BCUT2D eigenvalue weighted by Gasteiger charge is -2.24. The lowest BCUT2D eigenvalue weighted by Crippen LogP contribution is -2.34. The fraction of sp³-hybridized carbons (Fsp3) is 1.00. The van der Waals surface area contributed by atoms with Gasteiger partial charge in [0.25, 0.3) is 0 Å².